The third kappa shape index (κ3) is 27.1. The molecule has 20 rings (SSSR count). The number of amides is 5. The number of fused-ring (bicyclic) bond motifs is 5. The van der Waals surface area contributed by atoms with Gasteiger partial charge in [0.15, 0.2) is 35.3 Å². The molecule has 1 saturated heterocycles. The number of benzene rings is 9. The van der Waals surface area contributed by atoms with Crippen molar-refractivity contribution in [3.8, 4) is 55.8 Å². The molecule has 146 heavy (non-hydrogen) atoms. The molecule has 7 aliphatic rings. The first-order valence-electron chi connectivity index (χ1n) is 51.4. The smallest absolute Gasteiger partial charge is 0.226 e. The van der Waals surface area contributed by atoms with Gasteiger partial charge in [-0.05, 0) is 234 Å². The zero-order chi connectivity index (χ0) is 102. The molecule has 5 amide bonds. The largest absolute Gasteiger partial charge is 0.554 e. The van der Waals surface area contributed by atoms with Gasteiger partial charge in [-0.2, -0.15) is 5.10 Å². The summed E-state index contributed by atoms with van der Waals surface area (Å²) < 4.78 is 5.17. The van der Waals surface area contributed by atoms with E-state index in [0.717, 1.165) is 227 Å². The standard InChI is InChI=1S/C25H30N2O2.C25H28N2O2.C24H23N3O2.C23H23N3O2.C23H22N2O3.CH2O2/c2*1-2-25(29)27-16-13-22-17-21(8-9-23(22)27)19-4-6-20(7-5-19)24(28)10-3-18-11-14-26-15-12-18;1-2-24(29)27-15-13-21-22(27)11-10-20(26-21)18-6-8-19(9-7-18)23(28)12-5-17-4-3-14-25-16-17;1-2-23(28)26-12-11-20-13-19(8-9-21(20)26)17-4-6-18(7-5-17)22(27)10-3-16-14-24-25-15-16;1-2-23(27)25-12-11-19-13-18(7-9-21(19)25)16-3-5-17(6-4-16)22(26)10-8-20-14-24-15-28-20;2-1-3/h4-9,17-18,26H,2-3,10-16H2,1H3;4-9,11,17,26H,2-3,10,12-16H2,1H3;3-4,6-11,14,16H,2,5,12-13,15H2,1H3;4-9,13-15H,2-3,10-12H2,1H3,(H,24,25);3-7,9,13-15H,2,8,10-12H2,1H3;1H,(H,2,3). The highest BCUT2D eigenvalue weighted by molar-refractivity contribution is 6.03. The number of aromatic nitrogens is 5. The van der Waals surface area contributed by atoms with Crippen molar-refractivity contribution in [1.82, 2.24) is 30.5 Å². The fourth-order valence-corrected chi connectivity index (χ4v) is 19.8. The van der Waals surface area contributed by atoms with Crippen molar-refractivity contribution in [2.75, 3.05) is 83.4 Å². The van der Waals surface area contributed by atoms with E-state index in [9.17, 15) is 47.9 Å². The van der Waals surface area contributed by atoms with Crippen LogP contribution in [-0.2, 0) is 80.1 Å². The first-order chi connectivity index (χ1) is 71.2. The number of quaternary nitrogens is 1. The summed E-state index contributed by atoms with van der Waals surface area (Å²) in [5.74, 6) is 3.05. The molecule has 4 aromatic heterocycles. The Bertz CT molecular complexity index is 6610. The number of oxazole rings is 1. The molecule has 4 N–H and O–H groups in total. The first-order valence-corrected chi connectivity index (χ1v) is 51.4. The van der Waals surface area contributed by atoms with Crippen molar-refractivity contribution >= 4 is 93.4 Å². The minimum atomic E-state index is -0.500. The van der Waals surface area contributed by atoms with Crippen LogP contribution in [-0.4, -0.2) is 149 Å². The number of nitrogens with one attached hydrogen (secondary N) is 2. The van der Waals surface area contributed by atoms with Crippen LogP contribution in [0.2, 0.25) is 0 Å². The summed E-state index contributed by atoms with van der Waals surface area (Å²) in [6.45, 7) is 17.1. The maximum Gasteiger partial charge on any atom is 0.226 e. The number of aromatic amines is 1. The molecule has 13 aromatic rings. The van der Waals surface area contributed by atoms with Gasteiger partial charge in [-0.15, -0.1) is 0 Å². The second-order valence-electron chi connectivity index (χ2n) is 37.5. The zero-order valence-electron chi connectivity index (χ0n) is 84.0. The van der Waals surface area contributed by atoms with E-state index in [1.165, 1.54) is 47.1 Å². The Balaban J connectivity index is 0.000000136. The van der Waals surface area contributed by atoms with Crippen LogP contribution in [0.5, 0.6) is 0 Å². The average molecular weight is 1960 g/mol. The molecule has 25 heteroatoms. The van der Waals surface area contributed by atoms with Gasteiger partial charge in [0.2, 0.25) is 29.5 Å². The van der Waals surface area contributed by atoms with Crippen LogP contribution >= 0.6 is 0 Å². The molecule has 0 unspecified atom stereocenters. The number of Topliss-reactive ketones (excluding diaryl/α,β-unsaturated/α-hetero) is 5. The number of ketones is 5. The SMILES string of the molecule is CCC(=O)N1CCc2cc(-c3ccc(C(=O)CCC4=CC[NH2+]CC4)cc3)ccc21.CCC(=O)N1CCc2cc(-c3ccc(C(=O)CCC4CCNCC4)cc3)ccc21.CCC(=O)N1CCc2cc(-c3ccc(C(=O)CCc4cn[nH]c4)cc3)ccc21.CCC(=O)N1CCc2cc(-c3ccc(C(=O)CCc4cnco4)cc3)ccc21.CCC(=O)N1CCc2nc(-c3ccc(C(=O)CCc4cccnc4)cc3)ccc21.O=C[O-]. The molecule has 0 saturated carbocycles. The Morgan fingerprint density at radius 2 is 0.767 bits per heavy atom. The quantitative estimate of drug-likeness (QED) is 0.0214. The van der Waals surface area contributed by atoms with E-state index in [-0.39, 0.29) is 58.5 Å². The van der Waals surface area contributed by atoms with Gasteiger partial charge in [-0.1, -0.05) is 192 Å². The molecule has 0 bridgehead atoms. The van der Waals surface area contributed by atoms with Crippen LogP contribution in [0.4, 0.5) is 28.4 Å². The van der Waals surface area contributed by atoms with Crippen molar-refractivity contribution in [3.63, 3.8) is 0 Å². The first kappa shape index (κ1) is 105. The third-order valence-corrected chi connectivity index (χ3v) is 28.2. The van der Waals surface area contributed by atoms with Gasteiger partial charge in [0.1, 0.15) is 5.76 Å². The molecule has 750 valence electrons. The fourth-order valence-electron chi connectivity index (χ4n) is 19.8. The number of nitrogens with zero attached hydrogens (tertiary/aromatic N) is 9. The number of hydrogen-bond donors (Lipinski definition) is 3. The number of piperidine rings is 1. The number of nitrogens with two attached hydrogens (primary N) is 1. The number of carboxylic acid groups (broad SMARTS) is 1. The van der Waals surface area contributed by atoms with Crippen molar-refractivity contribution in [2.24, 2.45) is 5.92 Å². The number of carbonyl (C=O) groups excluding carboxylic acids is 11. The topological polar surface area (TPSA) is 336 Å². The van der Waals surface area contributed by atoms with Gasteiger partial charge < -0.3 is 49.5 Å². The lowest BCUT2D eigenvalue weighted by atomic mass is 9.91. The number of pyridine rings is 2. The van der Waals surface area contributed by atoms with Gasteiger partial charge in [0.05, 0.1) is 42.6 Å². The van der Waals surface area contributed by atoms with E-state index in [1.54, 1.807) is 24.8 Å². The average Bonchev–Trinajstić information content (AvgIpc) is 1.66. The molecule has 0 spiro atoms. The highest BCUT2D eigenvalue weighted by Crippen LogP contribution is 2.40. The summed E-state index contributed by atoms with van der Waals surface area (Å²) in [5, 5.41) is 20.6. The van der Waals surface area contributed by atoms with E-state index in [1.807, 2.05) is 229 Å². The molecule has 7 aliphatic heterocycles. The van der Waals surface area contributed by atoms with Crippen molar-refractivity contribution in [3.05, 3.63) is 340 Å². The fraction of sp³-hybridized carbons (Fsp3) is 0.314. The molecular weight excluding hydrogens is 1830 g/mol. The van der Waals surface area contributed by atoms with E-state index >= 15 is 0 Å². The number of aryl methyl sites for hydroxylation is 3. The molecule has 0 aliphatic carbocycles. The summed E-state index contributed by atoms with van der Waals surface area (Å²) in [7, 11) is 0. The zero-order valence-corrected chi connectivity index (χ0v) is 84.0. The van der Waals surface area contributed by atoms with Crippen molar-refractivity contribution in [1.29, 1.82) is 0 Å². The number of hydrogen-bond acceptors (Lipinski definition) is 18. The molecule has 1 fully saturated rings. The van der Waals surface area contributed by atoms with Crippen LogP contribution in [0.15, 0.2) is 272 Å². The van der Waals surface area contributed by atoms with Crippen molar-refractivity contribution < 1.29 is 67.6 Å². The Hall–Kier alpha value is -15.5. The lowest BCUT2D eigenvalue weighted by Crippen LogP contribution is -2.85. The van der Waals surface area contributed by atoms with Crippen LogP contribution in [0.3, 0.4) is 0 Å². The molecule has 25 nitrogen and oxygen atoms in total. The van der Waals surface area contributed by atoms with Crippen LogP contribution in [0.1, 0.15) is 228 Å². The molecule has 0 radical (unpaired) electrons. The Kier molecular flexibility index (Phi) is 37.1. The van der Waals surface area contributed by atoms with E-state index in [0.29, 0.717) is 107 Å². The van der Waals surface area contributed by atoms with Gasteiger partial charge in [0, 0.05) is 197 Å². The Morgan fingerprint density at radius 3 is 1.14 bits per heavy atom. The number of carbonyl (C=O) groups is 11. The predicted octanol–water partition coefficient (Wildman–Crippen LogP) is 19.4. The van der Waals surface area contributed by atoms with Crippen molar-refractivity contribution in [2.45, 2.75) is 182 Å². The minimum absolute atomic E-state index is 0.0885. The predicted molar refractivity (Wildman–Crippen MR) is 569 cm³/mol. The van der Waals surface area contributed by atoms with Gasteiger partial charge in [-0.3, -0.25) is 63.0 Å². The van der Waals surface area contributed by atoms with Gasteiger partial charge in [-0.25, -0.2) is 4.98 Å². The summed E-state index contributed by atoms with van der Waals surface area (Å²) >= 11 is 0. The number of H-pyrrole nitrogens is 1. The monoisotopic (exact) mass is 1960 g/mol. The Morgan fingerprint density at radius 1 is 0.397 bits per heavy atom. The van der Waals surface area contributed by atoms with Gasteiger partial charge in [0.25, 0.3) is 0 Å². The molecule has 9 aromatic carbocycles. The Labute approximate surface area is 853 Å². The van der Waals surface area contributed by atoms with Crippen LogP contribution < -0.4 is 40.2 Å². The molecule has 11 heterocycles. The van der Waals surface area contributed by atoms with E-state index < -0.39 is 6.47 Å². The van der Waals surface area contributed by atoms with Gasteiger partial charge >= 0.3 is 0 Å². The summed E-state index contributed by atoms with van der Waals surface area (Å²) in [4.78, 5) is 153. The lowest BCUT2D eigenvalue weighted by molar-refractivity contribution is -0.648. The van der Waals surface area contributed by atoms with E-state index in [4.69, 9.17) is 19.3 Å². The summed E-state index contributed by atoms with van der Waals surface area (Å²) in [5.41, 5.74) is 28.8. The lowest BCUT2D eigenvalue weighted by Gasteiger charge is -2.22. The van der Waals surface area contributed by atoms with Crippen LogP contribution in [0, 0.1) is 5.92 Å². The highest BCUT2D eigenvalue weighted by Gasteiger charge is 2.31. The number of rotatable bonds is 30. The second kappa shape index (κ2) is 51.7. The molecule has 0 atom stereocenters. The second-order valence-corrected chi connectivity index (χ2v) is 37.5. The number of anilines is 5. The normalized spacial score (nSPS) is 14.0. The third-order valence-electron chi connectivity index (χ3n) is 28.2. The van der Waals surface area contributed by atoms with E-state index in [2.05, 4.69) is 91.5 Å². The maximum absolute atomic E-state index is 12.6. The summed E-state index contributed by atoms with van der Waals surface area (Å²) in [6.07, 6.45) is 29.2. The highest BCUT2D eigenvalue weighted by atomic mass is 16.3. The molecular formula is C121H128N12O13. The summed E-state index contributed by atoms with van der Waals surface area (Å²) in [6, 6.07) is 72.0. The minimum Gasteiger partial charge on any atom is -0.554 e. The maximum atomic E-state index is 12.6. The van der Waals surface area contributed by atoms with Crippen LogP contribution in [0.25, 0.3) is 55.8 Å².